The van der Waals surface area contributed by atoms with Crippen LogP contribution in [-0.4, -0.2) is 15.0 Å². The predicted molar refractivity (Wildman–Crippen MR) is 131 cm³/mol. The van der Waals surface area contributed by atoms with Gasteiger partial charge in [-0.3, -0.25) is 0 Å². The SMILES string of the molecule is CCc1ccc(F)c(C(Nc2ccc3c(N)nccc3c2)c2ncc(-c3ccccc3)[nH]2)c1. The average Bonchev–Trinajstić information content (AvgIpc) is 3.34. The second kappa shape index (κ2) is 8.74. The summed E-state index contributed by atoms with van der Waals surface area (Å²) in [5, 5.41) is 5.32. The van der Waals surface area contributed by atoms with E-state index in [1.165, 1.54) is 6.07 Å². The quantitative estimate of drug-likeness (QED) is 0.299. The van der Waals surface area contributed by atoms with Crippen LogP contribution in [0.15, 0.2) is 85.2 Å². The van der Waals surface area contributed by atoms with E-state index in [9.17, 15) is 0 Å². The number of pyridine rings is 1. The molecule has 0 amide bonds. The molecule has 0 fully saturated rings. The smallest absolute Gasteiger partial charge is 0.133 e. The van der Waals surface area contributed by atoms with Crippen molar-refractivity contribution in [2.75, 3.05) is 11.1 Å². The Morgan fingerprint density at radius 2 is 1.85 bits per heavy atom. The summed E-state index contributed by atoms with van der Waals surface area (Å²) in [6, 6.07) is 22.4. The van der Waals surface area contributed by atoms with Crippen LogP contribution in [0.25, 0.3) is 22.0 Å². The summed E-state index contributed by atoms with van der Waals surface area (Å²) in [5.74, 6) is 0.836. The first-order valence-corrected chi connectivity index (χ1v) is 10.9. The van der Waals surface area contributed by atoms with E-state index in [4.69, 9.17) is 5.73 Å². The van der Waals surface area contributed by atoms with Gasteiger partial charge in [0.2, 0.25) is 0 Å². The molecule has 1 unspecified atom stereocenters. The third-order valence-corrected chi connectivity index (χ3v) is 5.84. The molecule has 0 aliphatic rings. The highest BCUT2D eigenvalue weighted by molar-refractivity contribution is 5.92. The van der Waals surface area contributed by atoms with E-state index in [2.05, 4.69) is 27.2 Å². The number of nitrogens with one attached hydrogen (secondary N) is 2. The van der Waals surface area contributed by atoms with E-state index in [1.54, 1.807) is 12.4 Å². The van der Waals surface area contributed by atoms with Gasteiger partial charge in [-0.15, -0.1) is 0 Å². The number of aromatic nitrogens is 3. The fourth-order valence-electron chi connectivity index (χ4n) is 4.03. The Kier molecular flexibility index (Phi) is 5.48. The lowest BCUT2D eigenvalue weighted by Crippen LogP contribution is -2.16. The first-order chi connectivity index (χ1) is 16.1. The van der Waals surface area contributed by atoms with Gasteiger partial charge in [0, 0.05) is 22.8 Å². The Morgan fingerprint density at radius 3 is 2.67 bits per heavy atom. The molecule has 164 valence electrons. The Balaban J connectivity index is 1.59. The maximum Gasteiger partial charge on any atom is 0.133 e. The maximum absolute atomic E-state index is 15.1. The Hall–Kier alpha value is -4.19. The summed E-state index contributed by atoms with van der Waals surface area (Å²) < 4.78 is 15.1. The van der Waals surface area contributed by atoms with E-state index in [0.717, 1.165) is 39.7 Å². The number of nitrogens with two attached hydrogens (primary N) is 1. The summed E-state index contributed by atoms with van der Waals surface area (Å²) >= 11 is 0. The first kappa shape index (κ1) is 20.7. The van der Waals surface area contributed by atoms with Crippen LogP contribution in [0.1, 0.15) is 29.9 Å². The predicted octanol–water partition coefficient (Wildman–Crippen LogP) is 6.11. The summed E-state index contributed by atoms with van der Waals surface area (Å²) in [5.41, 5.74) is 10.3. The van der Waals surface area contributed by atoms with Crippen molar-refractivity contribution in [3.63, 3.8) is 0 Å². The van der Waals surface area contributed by atoms with Gasteiger partial charge >= 0.3 is 0 Å². The molecule has 4 N–H and O–H groups in total. The van der Waals surface area contributed by atoms with Crippen molar-refractivity contribution in [3.8, 4) is 11.3 Å². The minimum absolute atomic E-state index is 0.281. The molecule has 0 spiro atoms. The van der Waals surface area contributed by atoms with Crippen LogP contribution in [0.3, 0.4) is 0 Å². The number of anilines is 2. The van der Waals surface area contributed by atoms with Crippen LogP contribution in [0.4, 0.5) is 15.9 Å². The molecular formula is C27H24FN5. The van der Waals surface area contributed by atoms with Gasteiger partial charge in [-0.2, -0.15) is 0 Å². The van der Waals surface area contributed by atoms with Crippen molar-refractivity contribution in [1.82, 2.24) is 15.0 Å². The van der Waals surface area contributed by atoms with Crippen molar-refractivity contribution >= 4 is 22.3 Å². The summed E-state index contributed by atoms with van der Waals surface area (Å²) in [6.07, 6.45) is 4.28. The van der Waals surface area contributed by atoms with E-state index in [0.29, 0.717) is 17.2 Å². The minimum atomic E-state index is -0.509. The average molecular weight is 438 g/mol. The number of hydrogen-bond donors (Lipinski definition) is 3. The topological polar surface area (TPSA) is 79.6 Å². The zero-order chi connectivity index (χ0) is 22.8. The Bertz CT molecular complexity index is 1410. The van der Waals surface area contributed by atoms with Crippen molar-refractivity contribution in [2.24, 2.45) is 0 Å². The summed E-state index contributed by atoms with van der Waals surface area (Å²) in [4.78, 5) is 12.2. The van der Waals surface area contributed by atoms with Gasteiger partial charge in [0.1, 0.15) is 23.5 Å². The number of aromatic amines is 1. The third kappa shape index (κ3) is 4.15. The zero-order valence-corrected chi connectivity index (χ0v) is 18.2. The van der Waals surface area contributed by atoms with Crippen LogP contribution in [0, 0.1) is 5.82 Å². The van der Waals surface area contributed by atoms with Crippen molar-refractivity contribution < 1.29 is 4.39 Å². The molecule has 5 nitrogen and oxygen atoms in total. The number of hydrogen-bond acceptors (Lipinski definition) is 4. The molecule has 3 aromatic carbocycles. The molecule has 6 heteroatoms. The van der Waals surface area contributed by atoms with Crippen molar-refractivity contribution in [3.05, 3.63) is 108 Å². The molecule has 5 aromatic rings. The highest BCUT2D eigenvalue weighted by Crippen LogP contribution is 2.31. The van der Waals surface area contributed by atoms with Gasteiger partial charge in [0.15, 0.2) is 0 Å². The number of imidazole rings is 1. The largest absolute Gasteiger partial charge is 0.383 e. The lowest BCUT2D eigenvalue weighted by molar-refractivity contribution is 0.600. The molecule has 0 saturated carbocycles. The first-order valence-electron chi connectivity index (χ1n) is 10.9. The standard InChI is InChI=1S/C27H24FN5/c1-2-17-8-11-23(28)22(14-17)25(27-31-16-24(33-27)18-6-4-3-5-7-18)32-20-9-10-21-19(15-20)12-13-30-26(21)29/h3-16,25,32H,2H2,1H3,(H2,29,30)(H,31,33). The van der Waals surface area contributed by atoms with Crippen LogP contribution < -0.4 is 11.1 Å². The van der Waals surface area contributed by atoms with Gasteiger partial charge < -0.3 is 16.0 Å². The lowest BCUT2D eigenvalue weighted by Gasteiger charge is -2.20. The molecule has 0 bridgehead atoms. The number of benzene rings is 3. The summed E-state index contributed by atoms with van der Waals surface area (Å²) in [6.45, 7) is 2.06. The highest BCUT2D eigenvalue weighted by Gasteiger charge is 2.22. The molecular weight excluding hydrogens is 413 g/mol. The number of H-pyrrole nitrogens is 1. The zero-order valence-electron chi connectivity index (χ0n) is 18.2. The Labute approximate surface area is 191 Å². The fourth-order valence-corrected chi connectivity index (χ4v) is 4.03. The van der Waals surface area contributed by atoms with Crippen LogP contribution in [0.2, 0.25) is 0 Å². The van der Waals surface area contributed by atoms with Crippen LogP contribution >= 0.6 is 0 Å². The van der Waals surface area contributed by atoms with E-state index in [1.807, 2.05) is 66.7 Å². The highest BCUT2D eigenvalue weighted by atomic mass is 19.1. The van der Waals surface area contributed by atoms with Gasteiger partial charge in [0.05, 0.1) is 11.9 Å². The Morgan fingerprint density at radius 1 is 1.00 bits per heavy atom. The number of aryl methyl sites for hydroxylation is 1. The van der Waals surface area contributed by atoms with E-state index >= 15 is 4.39 Å². The number of fused-ring (bicyclic) bond motifs is 1. The molecule has 0 aliphatic heterocycles. The van der Waals surface area contributed by atoms with Gasteiger partial charge in [-0.05, 0) is 53.3 Å². The second-order valence-electron chi connectivity index (χ2n) is 7.97. The number of nitrogens with zero attached hydrogens (tertiary/aromatic N) is 2. The van der Waals surface area contributed by atoms with Crippen molar-refractivity contribution in [2.45, 2.75) is 19.4 Å². The molecule has 2 aromatic heterocycles. The molecule has 33 heavy (non-hydrogen) atoms. The molecule has 2 heterocycles. The van der Waals surface area contributed by atoms with Crippen LogP contribution in [-0.2, 0) is 6.42 Å². The minimum Gasteiger partial charge on any atom is -0.383 e. The maximum atomic E-state index is 15.1. The monoisotopic (exact) mass is 437 g/mol. The third-order valence-electron chi connectivity index (χ3n) is 5.84. The normalized spacial score (nSPS) is 12.1. The number of rotatable bonds is 6. The van der Waals surface area contributed by atoms with Gasteiger partial charge in [0.25, 0.3) is 0 Å². The fraction of sp³-hybridized carbons (Fsp3) is 0.111. The van der Waals surface area contributed by atoms with Crippen LogP contribution in [0.5, 0.6) is 0 Å². The van der Waals surface area contributed by atoms with Crippen molar-refractivity contribution in [1.29, 1.82) is 0 Å². The number of nitrogen functional groups attached to an aromatic ring is 1. The number of halogens is 1. The van der Waals surface area contributed by atoms with E-state index < -0.39 is 6.04 Å². The van der Waals surface area contributed by atoms with Gasteiger partial charge in [-0.1, -0.05) is 49.4 Å². The second-order valence-corrected chi connectivity index (χ2v) is 7.97. The summed E-state index contributed by atoms with van der Waals surface area (Å²) in [7, 11) is 0. The molecule has 1 atom stereocenters. The lowest BCUT2D eigenvalue weighted by atomic mass is 10.0. The molecule has 5 rings (SSSR count). The van der Waals surface area contributed by atoms with Gasteiger partial charge in [-0.25, -0.2) is 14.4 Å². The van der Waals surface area contributed by atoms with E-state index in [-0.39, 0.29) is 5.82 Å². The molecule has 0 aliphatic carbocycles. The molecule has 0 radical (unpaired) electrons. The molecule has 0 saturated heterocycles.